The number of rotatable bonds is 5. The van der Waals surface area contributed by atoms with E-state index in [0.717, 1.165) is 11.1 Å². The summed E-state index contributed by atoms with van der Waals surface area (Å²) < 4.78 is 19.3. The topological polar surface area (TPSA) is 35.2 Å². The Labute approximate surface area is 119 Å². The second-order valence-corrected chi connectivity index (χ2v) is 4.96. The van der Waals surface area contributed by atoms with Crippen molar-refractivity contribution in [2.45, 2.75) is 20.0 Å². The van der Waals surface area contributed by atoms with Gasteiger partial charge in [0.05, 0.1) is 6.61 Å². The van der Waals surface area contributed by atoms with Gasteiger partial charge in [0.15, 0.2) is 0 Å². The van der Waals surface area contributed by atoms with Crippen LogP contribution in [0.1, 0.15) is 28.4 Å². The van der Waals surface area contributed by atoms with Crippen LogP contribution in [0.25, 0.3) is 0 Å². The van der Waals surface area contributed by atoms with Crippen molar-refractivity contribution in [1.82, 2.24) is 0 Å². The van der Waals surface area contributed by atoms with E-state index < -0.39 is 0 Å². The molecule has 0 aliphatic carbocycles. The Bertz CT molecular complexity index is 566. The highest BCUT2D eigenvalue weighted by Gasteiger charge is 2.15. The average Bonchev–Trinajstić information content (AvgIpc) is 2.45. The monoisotopic (exact) mass is 273 g/mol. The van der Waals surface area contributed by atoms with Crippen molar-refractivity contribution in [3.8, 4) is 0 Å². The number of ether oxygens (including phenoxy) is 1. The summed E-state index contributed by atoms with van der Waals surface area (Å²) in [5.74, 6) is -0.199. The molecule has 0 aliphatic rings. The third-order valence-corrected chi connectivity index (χ3v) is 3.27. The van der Waals surface area contributed by atoms with E-state index in [-0.39, 0.29) is 11.9 Å². The molecule has 0 saturated carbocycles. The zero-order valence-corrected chi connectivity index (χ0v) is 11.9. The number of aryl methyl sites for hydroxylation is 2. The molecule has 2 rings (SSSR count). The Morgan fingerprint density at radius 2 is 1.70 bits per heavy atom. The van der Waals surface area contributed by atoms with E-state index in [1.807, 2.05) is 37.3 Å². The summed E-state index contributed by atoms with van der Waals surface area (Å²) in [6.07, 6.45) is -0.210. The normalized spacial score (nSPS) is 12.4. The first-order valence-electron chi connectivity index (χ1n) is 6.76. The Morgan fingerprint density at radius 3 is 2.30 bits per heavy atom. The predicted molar refractivity (Wildman–Crippen MR) is 79.2 cm³/mol. The number of hydrogen-bond acceptors (Lipinski definition) is 2. The van der Waals surface area contributed by atoms with Crippen LogP contribution in [0.4, 0.5) is 4.39 Å². The Morgan fingerprint density at radius 1 is 1.05 bits per heavy atom. The summed E-state index contributed by atoms with van der Waals surface area (Å²) in [5, 5.41) is 0. The molecule has 0 bridgehead atoms. The molecule has 0 aromatic heterocycles. The molecule has 0 radical (unpaired) electrons. The van der Waals surface area contributed by atoms with Crippen LogP contribution in [0.5, 0.6) is 0 Å². The van der Waals surface area contributed by atoms with Gasteiger partial charge in [0, 0.05) is 6.54 Å². The van der Waals surface area contributed by atoms with Crippen LogP contribution in [0.2, 0.25) is 0 Å². The Balaban J connectivity index is 2.35. The van der Waals surface area contributed by atoms with Crippen molar-refractivity contribution in [2.24, 2.45) is 5.73 Å². The number of benzene rings is 2. The van der Waals surface area contributed by atoms with E-state index in [9.17, 15) is 4.39 Å². The van der Waals surface area contributed by atoms with Crippen molar-refractivity contribution in [3.63, 3.8) is 0 Å². The minimum Gasteiger partial charge on any atom is -0.367 e. The van der Waals surface area contributed by atoms with Gasteiger partial charge in [0.25, 0.3) is 0 Å². The summed E-state index contributed by atoms with van der Waals surface area (Å²) in [4.78, 5) is 0. The van der Waals surface area contributed by atoms with Gasteiger partial charge < -0.3 is 10.5 Å². The van der Waals surface area contributed by atoms with Gasteiger partial charge in [-0.3, -0.25) is 0 Å². The van der Waals surface area contributed by atoms with Crippen molar-refractivity contribution in [3.05, 3.63) is 70.5 Å². The number of nitrogens with two attached hydrogens (primary N) is 1. The highest BCUT2D eigenvalue weighted by molar-refractivity contribution is 5.34. The first kappa shape index (κ1) is 14.7. The second kappa shape index (κ2) is 6.64. The average molecular weight is 273 g/mol. The highest BCUT2D eigenvalue weighted by atomic mass is 19.1. The van der Waals surface area contributed by atoms with Crippen LogP contribution in [-0.2, 0) is 4.74 Å². The fraction of sp³-hybridized carbons (Fsp3) is 0.294. The van der Waals surface area contributed by atoms with Crippen molar-refractivity contribution in [2.75, 3.05) is 13.2 Å². The van der Waals surface area contributed by atoms with Crippen LogP contribution in [0.15, 0.2) is 42.5 Å². The first-order valence-corrected chi connectivity index (χ1v) is 6.76. The molecule has 2 aromatic carbocycles. The van der Waals surface area contributed by atoms with Crippen LogP contribution in [0, 0.1) is 19.7 Å². The summed E-state index contributed by atoms with van der Waals surface area (Å²) in [6.45, 7) is 4.73. The molecule has 0 amide bonds. The smallest absolute Gasteiger partial charge is 0.126 e. The fourth-order valence-corrected chi connectivity index (χ4v) is 2.14. The van der Waals surface area contributed by atoms with Crippen molar-refractivity contribution < 1.29 is 9.13 Å². The predicted octanol–water partition coefficient (Wildman–Crippen LogP) is 3.51. The molecular weight excluding hydrogens is 253 g/mol. The molecule has 106 valence electrons. The maximum Gasteiger partial charge on any atom is 0.126 e. The summed E-state index contributed by atoms with van der Waals surface area (Å²) in [6, 6.07) is 13.2. The molecule has 1 unspecified atom stereocenters. The molecule has 20 heavy (non-hydrogen) atoms. The minimum absolute atomic E-state index is 0.199. The van der Waals surface area contributed by atoms with Crippen LogP contribution < -0.4 is 5.73 Å². The largest absolute Gasteiger partial charge is 0.367 e. The van der Waals surface area contributed by atoms with Gasteiger partial charge in [-0.05, 0) is 36.6 Å². The van der Waals surface area contributed by atoms with Gasteiger partial charge in [-0.1, -0.05) is 42.0 Å². The van der Waals surface area contributed by atoms with Gasteiger partial charge >= 0.3 is 0 Å². The molecule has 2 aromatic rings. The third-order valence-electron chi connectivity index (χ3n) is 3.27. The lowest BCUT2D eigenvalue weighted by Crippen LogP contribution is -2.14. The molecule has 0 aliphatic heterocycles. The van der Waals surface area contributed by atoms with Crippen LogP contribution >= 0.6 is 0 Å². The SMILES string of the molecule is Cc1ccc(C(OCCN)c2ccc(F)c(C)c2)cc1. The van der Waals surface area contributed by atoms with Crippen LogP contribution in [0.3, 0.4) is 0 Å². The van der Waals surface area contributed by atoms with E-state index in [2.05, 4.69) is 0 Å². The van der Waals surface area contributed by atoms with E-state index in [1.54, 1.807) is 13.0 Å². The highest BCUT2D eigenvalue weighted by Crippen LogP contribution is 2.27. The van der Waals surface area contributed by atoms with E-state index in [1.165, 1.54) is 11.6 Å². The Hall–Kier alpha value is -1.71. The molecule has 0 spiro atoms. The quantitative estimate of drug-likeness (QED) is 0.904. The van der Waals surface area contributed by atoms with Gasteiger partial charge in [-0.15, -0.1) is 0 Å². The number of hydrogen-bond donors (Lipinski definition) is 1. The summed E-state index contributed by atoms with van der Waals surface area (Å²) in [5.41, 5.74) is 9.34. The molecule has 2 nitrogen and oxygen atoms in total. The molecule has 1 atom stereocenters. The minimum atomic E-state index is -0.210. The molecule has 2 N–H and O–H groups in total. The molecule has 0 fully saturated rings. The lowest BCUT2D eigenvalue weighted by Gasteiger charge is -2.19. The van der Waals surface area contributed by atoms with E-state index in [0.29, 0.717) is 18.7 Å². The lowest BCUT2D eigenvalue weighted by atomic mass is 9.99. The fourth-order valence-electron chi connectivity index (χ4n) is 2.14. The van der Waals surface area contributed by atoms with E-state index >= 15 is 0 Å². The van der Waals surface area contributed by atoms with E-state index in [4.69, 9.17) is 10.5 Å². The number of halogens is 1. The second-order valence-electron chi connectivity index (χ2n) is 4.96. The molecule has 0 saturated heterocycles. The molecule has 3 heteroatoms. The Kier molecular flexibility index (Phi) is 4.88. The van der Waals surface area contributed by atoms with Crippen molar-refractivity contribution >= 4 is 0 Å². The van der Waals surface area contributed by atoms with Gasteiger partial charge in [-0.25, -0.2) is 4.39 Å². The molecular formula is C17H20FNO. The zero-order chi connectivity index (χ0) is 14.5. The lowest BCUT2D eigenvalue weighted by molar-refractivity contribution is 0.0863. The third kappa shape index (κ3) is 3.44. The summed E-state index contributed by atoms with van der Waals surface area (Å²) in [7, 11) is 0. The maximum absolute atomic E-state index is 13.4. The van der Waals surface area contributed by atoms with Gasteiger partial charge in [-0.2, -0.15) is 0 Å². The van der Waals surface area contributed by atoms with Gasteiger partial charge in [0.2, 0.25) is 0 Å². The maximum atomic E-state index is 13.4. The summed E-state index contributed by atoms with van der Waals surface area (Å²) >= 11 is 0. The zero-order valence-electron chi connectivity index (χ0n) is 11.9. The molecule has 0 heterocycles. The van der Waals surface area contributed by atoms with Gasteiger partial charge in [0.1, 0.15) is 11.9 Å². The van der Waals surface area contributed by atoms with Crippen molar-refractivity contribution in [1.29, 1.82) is 0 Å². The van der Waals surface area contributed by atoms with Crippen LogP contribution in [-0.4, -0.2) is 13.2 Å². The standard InChI is InChI=1S/C17H20FNO/c1-12-3-5-14(6-4-12)17(20-10-9-19)15-7-8-16(18)13(2)11-15/h3-8,11,17H,9-10,19H2,1-2H3. The first-order chi connectivity index (χ1) is 9.61.